The van der Waals surface area contributed by atoms with Crippen molar-refractivity contribution in [3.63, 3.8) is 0 Å². The van der Waals surface area contributed by atoms with Crippen molar-refractivity contribution in [3.8, 4) is 17.6 Å². The molecule has 1 aliphatic carbocycles. The highest BCUT2D eigenvalue weighted by molar-refractivity contribution is 8.00. The van der Waals surface area contributed by atoms with Crippen molar-refractivity contribution in [1.29, 1.82) is 5.26 Å². The van der Waals surface area contributed by atoms with E-state index in [1.807, 2.05) is 13.0 Å². The SMILES string of the molecule is CCC(Sc1nc2c(cc1C#N)CCCCCC2)C(=O)Nc1cc(Cl)c(OC)cc1OC. The minimum absolute atomic E-state index is 0.200. The maximum atomic E-state index is 13.1. The van der Waals surface area contributed by atoms with Gasteiger partial charge in [0.2, 0.25) is 5.91 Å². The van der Waals surface area contributed by atoms with Gasteiger partial charge in [0.25, 0.3) is 0 Å². The van der Waals surface area contributed by atoms with Gasteiger partial charge in [-0.1, -0.05) is 43.1 Å². The standard InChI is InChI=1S/C24H28ClN3O3S/c1-4-22(23(29)27-19-12-17(25)20(30-2)13-21(19)31-3)32-24-16(14-26)11-15-9-7-5-6-8-10-18(15)28-24/h11-13,22H,4-10H2,1-3H3,(H,27,29). The van der Waals surface area contributed by atoms with Crippen molar-refractivity contribution in [2.24, 2.45) is 0 Å². The number of carbonyl (C=O) groups is 1. The Labute approximate surface area is 198 Å². The molecule has 6 nitrogen and oxygen atoms in total. The van der Waals surface area contributed by atoms with Crippen LogP contribution in [0.3, 0.4) is 0 Å². The Bertz CT molecular complexity index is 1020. The number of hydrogen-bond donors (Lipinski definition) is 1. The molecule has 0 saturated carbocycles. The van der Waals surface area contributed by atoms with E-state index in [2.05, 4.69) is 11.4 Å². The monoisotopic (exact) mass is 473 g/mol. The summed E-state index contributed by atoms with van der Waals surface area (Å²) in [4.78, 5) is 17.9. The third kappa shape index (κ3) is 5.67. The van der Waals surface area contributed by atoms with Gasteiger partial charge in [-0.05, 0) is 49.8 Å². The summed E-state index contributed by atoms with van der Waals surface area (Å²) in [6.07, 6.45) is 7.09. The molecular weight excluding hydrogens is 446 g/mol. The minimum atomic E-state index is -0.424. The van der Waals surface area contributed by atoms with Crippen LogP contribution in [0.1, 0.15) is 55.8 Å². The number of hydrogen-bond acceptors (Lipinski definition) is 6. The van der Waals surface area contributed by atoms with E-state index >= 15 is 0 Å². The maximum absolute atomic E-state index is 13.1. The van der Waals surface area contributed by atoms with Crippen LogP contribution < -0.4 is 14.8 Å². The van der Waals surface area contributed by atoms with Crippen LogP contribution in [0.25, 0.3) is 0 Å². The van der Waals surface area contributed by atoms with Crippen molar-refractivity contribution in [2.45, 2.75) is 62.1 Å². The predicted octanol–water partition coefficient (Wildman–Crippen LogP) is 5.79. The molecule has 2 aromatic rings. The number of nitriles is 1. The number of aromatic nitrogens is 1. The van der Waals surface area contributed by atoms with E-state index in [-0.39, 0.29) is 5.91 Å². The second kappa shape index (κ2) is 11.4. The number of nitrogens with zero attached hydrogens (tertiary/aromatic N) is 2. The van der Waals surface area contributed by atoms with Gasteiger partial charge in [0.15, 0.2) is 0 Å². The number of benzene rings is 1. The molecule has 0 radical (unpaired) electrons. The van der Waals surface area contributed by atoms with Gasteiger partial charge in [-0.15, -0.1) is 0 Å². The molecule has 0 spiro atoms. The van der Waals surface area contributed by atoms with Crippen molar-refractivity contribution in [3.05, 3.63) is 40.0 Å². The van der Waals surface area contributed by atoms with Crippen LogP contribution in [0.15, 0.2) is 23.2 Å². The minimum Gasteiger partial charge on any atom is -0.495 e. The molecule has 0 bridgehead atoms. The molecule has 32 heavy (non-hydrogen) atoms. The van der Waals surface area contributed by atoms with Crippen molar-refractivity contribution in [2.75, 3.05) is 19.5 Å². The van der Waals surface area contributed by atoms with Crippen LogP contribution in [-0.4, -0.2) is 30.4 Å². The number of fused-ring (bicyclic) bond motifs is 1. The number of nitrogens with one attached hydrogen (secondary N) is 1. The fourth-order valence-electron chi connectivity index (χ4n) is 3.77. The Hall–Kier alpha value is -2.43. The molecule has 1 unspecified atom stereocenters. The topological polar surface area (TPSA) is 84.2 Å². The van der Waals surface area contributed by atoms with Crippen molar-refractivity contribution in [1.82, 2.24) is 4.98 Å². The Morgan fingerprint density at radius 1 is 1.19 bits per heavy atom. The second-order valence-electron chi connectivity index (χ2n) is 7.66. The van der Waals surface area contributed by atoms with E-state index in [4.69, 9.17) is 26.1 Å². The van der Waals surface area contributed by atoms with Gasteiger partial charge in [0, 0.05) is 11.8 Å². The van der Waals surface area contributed by atoms with Gasteiger partial charge < -0.3 is 14.8 Å². The highest BCUT2D eigenvalue weighted by Gasteiger charge is 2.24. The number of methoxy groups -OCH3 is 2. The van der Waals surface area contributed by atoms with E-state index in [1.165, 1.54) is 44.4 Å². The normalized spacial score (nSPS) is 14.3. The Morgan fingerprint density at radius 3 is 2.56 bits per heavy atom. The highest BCUT2D eigenvalue weighted by atomic mass is 35.5. The average molecular weight is 474 g/mol. The second-order valence-corrected chi connectivity index (χ2v) is 9.26. The summed E-state index contributed by atoms with van der Waals surface area (Å²) in [6, 6.07) is 7.48. The number of rotatable bonds is 7. The zero-order valence-corrected chi connectivity index (χ0v) is 20.2. The summed E-state index contributed by atoms with van der Waals surface area (Å²) in [6.45, 7) is 1.94. The zero-order valence-electron chi connectivity index (χ0n) is 18.7. The van der Waals surface area contributed by atoms with Crippen LogP contribution >= 0.6 is 23.4 Å². The summed E-state index contributed by atoms with van der Waals surface area (Å²) in [7, 11) is 3.04. The van der Waals surface area contributed by atoms with Crippen LogP contribution in [-0.2, 0) is 17.6 Å². The Morgan fingerprint density at radius 2 is 1.91 bits per heavy atom. The number of anilines is 1. The summed E-state index contributed by atoms with van der Waals surface area (Å²) in [5.74, 6) is 0.720. The lowest BCUT2D eigenvalue weighted by molar-refractivity contribution is -0.115. The molecule has 1 amide bonds. The van der Waals surface area contributed by atoms with Gasteiger partial charge in [0.1, 0.15) is 22.6 Å². The van der Waals surface area contributed by atoms with Gasteiger partial charge in [0.05, 0.1) is 35.7 Å². The summed E-state index contributed by atoms with van der Waals surface area (Å²) in [5.41, 5.74) is 3.23. The van der Waals surface area contributed by atoms with Gasteiger partial charge in [-0.2, -0.15) is 5.26 Å². The summed E-state index contributed by atoms with van der Waals surface area (Å²) in [5, 5.41) is 13.2. The van der Waals surface area contributed by atoms with E-state index in [0.29, 0.717) is 39.2 Å². The number of thioether (sulfide) groups is 1. The van der Waals surface area contributed by atoms with Crippen LogP contribution in [0.5, 0.6) is 11.5 Å². The largest absolute Gasteiger partial charge is 0.495 e. The highest BCUT2D eigenvalue weighted by Crippen LogP contribution is 2.37. The van der Waals surface area contributed by atoms with E-state index in [9.17, 15) is 10.1 Å². The van der Waals surface area contributed by atoms with E-state index in [0.717, 1.165) is 31.4 Å². The van der Waals surface area contributed by atoms with Crippen molar-refractivity contribution < 1.29 is 14.3 Å². The fraction of sp³-hybridized carbons (Fsp3) is 0.458. The summed E-state index contributed by atoms with van der Waals surface area (Å²) >= 11 is 7.57. The molecular formula is C24H28ClN3O3S. The van der Waals surface area contributed by atoms with Gasteiger partial charge in [-0.25, -0.2) is 4.98 Å². The smallest absolute Gasteiger partial charge is 0.238 e. The number of aryl methyl sites for hydroxylation is 2. The van der Waals surface area contributed by atoms with E-state index < -0.39 is 5.25 Å². The molecule has 8 heteroatoms. The first-order valence-electron chi connectivity index (χ1n) is 10.8. The number of pyridine rings is 1. The molecule has 1 atom stereocenters. The van der Waals surface area contributed by atoms with Crippen molar-refractivity contribution >= 4 is 35.0 Å². The number of ether oxygens (including phenoxy) is 2. The number of halogens is 1. The average Bonchev–Trinajstić information content (AvgIpc) is 2.78. The Kier molecular flexibility index (Phi) is 8.66. The summed E-state index contributed by atoms with van der Waals surface area (Å²) < 4.78 is 10.6. The lowest BCUT2D eigenvalue weighted by Gasteiger charge is -2.19. The molecule has 3 rings (SSSR count). The molecule has 1 N–H and O–H groups in total. The third-order valence-corrected chi connectivity index (χ3v) is 7.20. The third-order valence-electron chi connectivity index (χ3n) is 5.54. The van der Waals surface area contributed by atoms with Gasteiger partial charge in [-0.3, -0.25) is 4.79 Å². The quantitative estimate of drug-likeness (QED) is 0.512. The lowest BCUT2D eigenvalue weighted by Crippen LogP contribution is -2.25. The Balaban J connectivity index is 1.83. The van der Waals surface area contributed by atoms with Crippen LogP contribution in [0, 0.1) is 11.3 Å². The van der Waals surface area contributed by atoms with Crippen LogP contribution in [0.2, 0.25) is 5.02 Å². The molecule has 0 aliphatic heterocycles. The molecule has 1 aliphatic rings. The first kappa shape index (κ1) is 24.2. The number of carbonyl (C=O) groups excluding carboxylic acids is 1. The zero-order chi connectivity index (χ0) is 23.1. The maximum Gasteiger partial charge on any atom is 0.238 e. The molecule has 1 aromatic heterocycles. The van der Waals surface area contributed by atoms with E-state index in [1.54, 1.807) is 12.1 Å². The fourth-order valence-corrected chi connectivity index (χ4v) is 5.00. The molecule has 1 aromatic carbocycles. The van der Waals surface area contributed by atoms with Crippen LogP contribution in [0.4, 0.5) is 5.69 Å². The molecule has 0 saturated heterocycles. The first-order valence-corrected chi connectivity index (χ1v) is 12.1. The lowest BCUT2D eigenvalue weighted by atomic mass is 9.96. The molecule has 1 heterocycles. The predicted molar refractivity (Wildman–Crippen MR) is 128 cm³/mol. The van der Waals surface area contributed by atoms with Gasteiger partial charge >= 0.3 is 0 Å². The molecule has 170 valence electrons. The number of amides is 1. The molecule has 0 fully saturated rings. The first-order chi connectivity index (χ1) is 15.5.